The van der Waals surface area contributed by atoms with E-state index in [1.54, 1.807) is 30.2 Å². The van der Waals surface area contributed by atoms with Crippen LogP contribution >= 0.6 is 0 Å². The molecule has 1 aliphatic rings. The van der Waals surface area contributed by atoms with Crippen LogP contribution < -0.4 is 0 Å². The fourth-order valence-corrected chi connectivity index (χ4v) is 4.27. The van der Waals surface area contributed by atoms with E-state index in [4.69, 9.17) is 0 Å². The average molecular weight is 273 g/mol. The summed E-state index contributed by atoms with van der Waals surface area (Å²) >= 11 is 0. The summed E-state index contributed by atoms with van der Waals surface area (Å²) in [7, 11) is -3.33. The highest BCUT2D eigenvalue weighted by Gasteiger charge is 2.42. The number of rotatable bonds is 5. The molecule has 1 fully saturated rings. The van der Waals surface area contributed by atoms with Crippen LogP contribution in [-0.4, -0.2) is 51.8 Å². The molecule has 0 aromatic carbocycles. The number of hydrogen-bond acceptors (Lipinski definition) is 4. The minimum absolute atomic E-state index is 0.0406. The van der Waals surface area contributed by atoms with Crippen molar-refractivity contribution in [1.82, 2.24) is 13.9 Å². The van der Waals surface area contributed by atoms with Gasteiger partial charge in [-0.2, -0.15) is 4.31 Å². The first-order valence-corrected chi connectivity index (χ1v) is 7.66. The highest BCUT2D eigenvalue weighted by Crippen LogP contribution is 2.31. The standard InChI is InChI=1S/C11H19N3O3S/c1-11(9-15)3-2-5-14(11)18(16,17)8-7-13-6-4-12-10-13/h4,6,10,15H,2-3,5,7-9H2,1H3. The van der Waals surface area contributed by atoms with Crippen LogP contribution in [-0.2, 0) is 16.6 Å². The van der Waals surface area contributed by atoms with Crippen LogP contribution in [0.5, 0.6) is 0 Å². The van der Waals surface area contributed by atoms with Gasteiger partial charge in [-0.05, 0) is 19.8 Å². The Morgan fingerprint density at radius 2 is 2.28 bits per heavy atom. The van der Waals surface area contributed by atoms with Crippen molar-refractivity contribution in [2.45, 2.75) is 31.8 Å². The van der Waals surface area contributed by atoms with Gasteiger partial charge >= 0.3 is 0 Å². The van der Waals surface area contributed by atoms with Crippen LogP contribution in [0.4, 0.5) is 0 Å². The number of aliphatic hydroxyl groups is 1. The predicted molar refractivity (Wildman–Crippen MR) is 67.4 cm³/mol. The molecule has 0 bridgehead atoms. The molecule has 102 valence electrons. The summed E-state index contributed by atoms with van der Waals surface area (Å²) in [4.78, 5) is 3.88. The fourth-order valence-electron chi connectivity index (χ4n) is 2.38. The number of aryl methyl sites for hydroxylation is 1. The maximum Gasteiger partial charge on any atom is 0.216 e. The van der Waals surface area contributed by atoms with E-state index < -0.39 is 15.6 Å². The van der Waals surface area contributed by atoms with E-state index >= 15 is 0 Å². The molecule has 1 N–H and O–H groups in total. The highest BCUT2D eigenvalue weighted by atomic mass is 32.2. The average Bonchev–Trinajstić information content (AvgIpc) is 2.96. The molecule has 0 spiro atoms. The van der Waals surface area contributed by atoms with Crippen molar-refractivity contribution in [3.05, 3.63) is 18.7 Å². The lowest BCUT2D eigenvalue weighted by Gasteiger charge is -2.32. The lowest BCUT2D eigenvalue weighted by atomic mass is 10.0. The zero-order valence-electron chi connectivity index (χ0n) is 10.5. The summed E-state index contributed by atoms with van der Waals surface area (Å²) in [5, 5.41) is 9.39. The van der Waals surface area contributed by atoms with Gasteiger partial charge in [0.2, 0.25) is 10.0 Å². The van der Waals surface area contributed by atoms with Crippen molar-refractivity contribution in [2.75, 3.05) is 18.9 Å². The Kier molecular flexibility index (Phi) is 3.74. The Morgan fingerprint density at radius 3 is 2.89 bits per heavy atom. The molecule has 1 aromatic rings. The van der Waals surface area contributed by atoms with Gasteiger partial charge < -0.3 is 9.67 Å². The summed E-state index contributed by atoms with van der Waals surface area (Å²) < 4.78 is 27.8. The first kappa shape index (κ1) is 13.5. The van der Waals surface area contributed by atoms with Crippen molar-refractivity contribution in [1.29, 1.82) is 0 Å². The first-order chi connectivity index (χ1) is 8.48. The van der Waals surface area contributed by atoms with Crippen molar-refractivity contribution in [2.24, 2.45) is 0 Å². The summed E-state index contributed by atoms with van der Waals surface area (Å²) in [6.45, 7) is 2.57. The van der Waals surface area contributed by atoms with E-state index in [1.165, 1.54) is 4.31 Å². The van der Waals surface area contributed by atoms with Crippen molar-refractivity contribution < 1.29 is 13.5 Å². The van der Waals surface area contributed by atoms with E-state index in [1.807, 2.05) is 0 Å². The van der Waals surface area contributed by atoms with Crippen LogP contribution in [0.25, 0.3) is 0 Å². The zero-order chi connectivity index (χ0) is 13.2. The van der Waals surface area contributed by atoms with Gasteiger partial charge in [0.1, 0.15) is 0 Å². The summed E-state index contributed by atoms with van der Waals surface area (Å²) in [5.41, 5.74) is -0.631. The van der Waals surface area contributed by atoms with Gasteiger partial charge in [-0.3, -0.25) is 0 Å². The SMILES string of the molecule is CC1(CO)CCCN1S(=O)(=O)CCn1ccnc1. The predicted octanol–water partition coefficient (Wildman–Crippen LogP) is 0.0597. The molecule has 0 amide bonds. The minimum atomic E-state index is -3.33. The minimum Gasteiger partial charge on any atom is -0.394 e. The lowest BCUT2D eigenvalue weighted by molar-refractivity contribution is 0.137. The van der Waals surface area contributed by atoms with E-state index in [0.29, 0.717) is 19.5 Å². The van der Waals surface area contributed by atoms with E-state index in [2.05, 4.69) is 4.98 Å². The van der Waals surface area contributed by atoms with Gasteiger partial charge in [-0.15, -0.1) is 0 Å². The van der Waals surface area contributed by atoms with Gasteiger partial charge in [0.05, 0.1) is 24.2 Å². The molecular weight excluding hydrogens is 254 g/mol. The van der Waals surface area contributed by atoms with Crippen LogP contribution in [0.1, 0.15) is 19.8 Å². The first-order valence-electron chi connectivity index (χ1n) is 6.05. The number of imidazole rings is 1. The smallest absolute Gasteiger partial charge is 0.216 e. The molecular formula is C11H19N3O3S. The molecule has 1 saturated heterocycles. The quantitative estimate of drug-likeness (QED) is 0.823. The molecule has 0 aliphatic carbocycles. The molecule has 6 nitrogen and oxygen atoms in total. The van der Waals surface area contributed by atoms with Gasteiger partial charge in [0.25, 0.3) is 0 Å². The molecule has 1 aromatic heterocycles. The highest BCUT2D eigenvalue weighted by molar-refractivity contribution is 7.89. The fraction of sp³-hybridized carbons (Fsp3) is 0.727. The third kappa shape index (κ3) is 2.57. The number of nitrogens with zero attached hydrogens (tertiary/aromatic N) is 3. The number of aliphatic hydroxyl groups excluding tert-OH is 1. The van der Waals surface area contributed by atoms with Crippen LogP contribution in [0, 0.1) is 0 Å². The Hall–Kier alpha value is -0.920. The molecule has 1 atom stereocenters. The molecule has 1 aliphatic heterocycles. The van der Waals surface area contributed by atoms with Gasteiger partial charge in [-0.1, -0.05) is 0 Å². The molecule has 0 saturated carbocycles. The largest absolute Gasteiger partial charge is 0.394 e. The van der Waals surface area contributed by atoms with E-state index in [-0.39, 0.29) is 12.4 Å². The molecule has 2 heterocycles. The Labute approximate surface area is 107 Å². The van der Waals surface area contributed by atoms with Crippen molar-refractivity contribution >= 4 is 10.0 Å². The molecule has 1 unspecified atom stereocenters. The van der Waals surface area contributed by atoms with E-state index in [0.717, 1.165) is 6.42 Å². The summed E-state index contributed by atoms with van der Waals surface area (Å²) in [6.07, 6.45) is 6.49. The molecule has 2 rings (SSSR count). The second-order valence-corrected chi connectivity index (χ2v) is 6.96. The van der Waals surface area contributed by atoms with Gasteiger partial charge in [0.15, 0.2) is 0 Å². The second kappa shape index (κ2) is 4.99. The van der Waals surface area contributed by atoms with Crippen LogP contribution in [0.2, 0.25) is 0 Å². The molecule has 0 radical (unpaired) electrons. The molecule has 18 heavy (non-hydrogen) atoms. The van der Waals surface area contributed by atoms with Crippen molar-refractivity contribution in [3.63, 3.8) is 0 Å². The Morgan fingerprint density at radius 1 is 1.50 bits per heavy atom. The number of sulfonamides is 1. The maximum atomic E-state index is 12.3. The summed E-state index contributed by atoms with van der Waals surface area (Å²) in [5.74, 6) is 0.0406. The maximum absolute atomic E-state index is 12.3. The zero-order valence-corrected chi connectivity index (χ0v) is 11.3. The Balaban J connectivity index is 2.06. The molecule has 7 heteroatoms. The third-order valence-electron chi connectivity index (χ3n) is 3.52. The second-order valence-electron chi connectivity index (χ2n) is 4.95. The summed E-state index contributed by atoms with van der Waals surface area (Å²) in [6, 6.07) is 0. The number of aromatic nitrogens is 2. The lowest BCUT2D eigenvalue weighted by Crippen LogP contribution is -2.48. The van der Waals surface area contributed by atoms with E-state index in [9.17, 15) is 13.5 Å². The van der Waals surface area contributed by atoms with Crippen LogP contribution in [0.3, 0.4) is 0 Å². The normalized spacial score (nSPS) is 25.7. The van der Waals surface area contributed by atoms with Crippen molar-refractivity contribution in [3.8, 4) is 0 Å². The monoisotopic (exact) mass is 273 g/mol. The van der Waals surface area contributed by atoms with Gasteiger partial charge in [0, 0.05) is 25.5 Å². The third-order valence-corrected chi connectivity index (χ3v) is 5.52. The topological polar surface area (TPSA) is 75.4 Å². The number of hydrogen-bond donors (Lipinski definition) is 1. The van der Waals surface area contributed by atoms with Gasteiger partial charge in [-0.25, -0.2) is 13.4 Å². The van der Waals surface area contributed by atoms with Crippen LogP contribution in [0.15, 0.2) is 18.7 Å². The Bertz CT molecular complexity index is 486.